The summed E-state index contributed by atoms with van der Waals surface area (Å²) in [6.07, 6.45) is 1.60. The van der Waals surface area contributed by atoms with Crippen LogP contribution in [0, 0.1) is 20.2 Å². The van der Waals surface area contributed by atoms with Gasteiger partial charge >= 0.3 is 0 Å². The van der Waals surface area contributed by atoms with Crippen LogP contribution in [0.1, 0.15) is 5.56 Å². The van der Waals surface area contributed by atoms with Crippen LogP contribution in [0.5, 0.6) is 0 Å². The van der Waals surface area contributed by atoms with Gasteiger partial charge in [0.25, 0.3) is 15.8 Å². The maximum Gasteiger partial charge on any atom is 0.295 e. The molecule has 25 heavy (non-hydrogen) atoms. The minimum atomic E-state index is -4.69. The Morgan fingerprint density at radius 1 is 1.12 bits per heavy atom. The molecule has 0 heterocycles. The van der Waals surface area contributed by atoms with Crippen molar-refractivity contribution in [3.63, 3.8) is 0 Å². The van der Waals surface area contributed by atoms with Gasteiger partial charge in [-0.25, -0.2) is 0 Å². The SMILES string of the molecule is O=[N+]([O-])/C=C/c1cccc(S(=O)(=O)O)c1-c1ccc(Cl)c([N+](=O)[O-])c1. The van der Waals surface area contributed by atoms with Crippen LogP contribution >= 0.6 is 11.6 Å². The van der Waals surface area contributed by atoms with Crippen molar-refractivity contribution >= 4 is 33.5 Å². The fourth-order valence-electron chi connectivity index (χ4n) is 2.16. The Kier molecular flexibility index (Phi) is 5.16. The number of nitrogens with zero attached hydrogens (tertiary/aromatic N) is 2. The molecule has 0 atom stereocenters. The lowest BCUT2D eigenvalue weighted by Gasteiger charge is -2.11. The number of hydrogen-bond acceptors (Lipinski definition) is 6. The first kappa shape index (κ1) is 18.5. The van der Waals surface area contributed by atoms with E-state index in [1.54, 1.807) is 0 Å². The Balaban J connectivity index is 2.84. The molecule has 0 aliphatic heterocycles. The zero-order valence-corrected chi connectivity index (χ0v) is 13.8. The quantitative estimate of drug-likeness (QED) is 0.473. The molecule has 2 aromatic rings. The highest BCUT2D eigenvalue weighted by Crippen LogP contribution is 2.36. The molecule has 0 aromatic heterocycles. The predicted molar refractivity (Wildman–Crippen MR) is 89.4 cm³/mol. The van der Waals surface area contributed by atoms with E-state index in [0.717, 1.165) is 18.2 Å². The number of halogens is 1. The van der Waals surface area contributed by atoms with Gasteiger partial charge in [-0.1, -0.05) is 29.8 Å². The average Bonchev–Trinajstić information content (AvgIpc) is 2.52. The van der Waals surface area contributed by atoms with Gasteiger partial charge in [0.1, 0.15) is 9.92 Å². The van der Waals surface area contributed by atoms with Crippen LogP contribution in [0.4, 0.5) is 5.69 Å². The van der Waals surface area contributed by atoms with Gasteiger partial charge in [-0.05, 0) is 23.3 Å². The van der Waals surface area contributed by atoms with Crippen molar-refractivity contribution < 1.29 is 22.8 Å². The number of rotatable bonds is 5. The first-order valence-corrected chi connectivity index (χ1v) is 8.29. The fraction of sp³-hybridized carbons (Fsp3) is 0. The molecule has 0 aliphatic carbocycles. The van der Waals surface area contributed by atoms with Gasteiger partial charge in [0, 0.05) is 17.7 Å². The molecule has 0 fully saturated rings. The van der Waals surface area contributed by atoms with Gasteiger partial charge in [0.05, 0.1) is 9.85 Å². The first-order chi connectivity index (χ1) is 11.6. The Bertz CT molecular complexity index is 1000. The van der Waals surface area contributed by atoms with Crippen LogP contribution in [-0.4, -0.2) is 22.8 Å². The summed E-state index contributed by atoms with van der Waals surface area (Å²) in [6, 6.07) is 7.24. The summed E-state index contributed by atoms with van der Waals surface area (Å²) >= 11 is 5.74. The molecule has 0 unspecified atom stereocenters. The predicted octanol–water partition coefficient (Wildman–Crippen LogP) is 3.41. The molecule has 0 bridgehead atoms. The first-order valence-electron chi connectivity index (χ1n) is 6.48. The van der Waals surface area contributed by atoms with Crippen molar-refractivity contribution in [2.24, 2.45) is 0 Å². The lowest BCUT2D eigenvalue weighted by atomic mass is 9.99. The van der Waals surface area contributed by atoms with Crippen LogP contribution in [0.2, 0.25) is 5.02 Å². The molecular formula is C14H9ClN2O7S. The molecule has 130 valence electrons. The van der Waals surface area contributed by atoms with Gasteiger partial charge in [-0.15, -0.1) is 0 Å². The van der Waals surface area contributed by atoms with Crippen molar-refractivity contribution in [2.75, 3.05) is 0 Å². The molecule has 0 saturated carbocycles. The third-order valence-corrected chi connectivity index (χ3v) is 4.36. The normalized spacial score (nSPS) is 11.6. The highest BCUT2D eigenvalue weighted by Gasteiger charge is 2.22. The lowest BCUT2D eigenvalue weighted by Crippen LogP contribution is -2.03. The Morgan fingerprint density at radius 3 is 2.36 bits per heavy atom. The summed E-state index contributed by atoms with van der Waals surface area (Å²) in [5, 5.41) is 21.4. The smallest absolute Gasteiger partial charge is 0.282 e. The Hall–Kier alpha value is -2.82. The van der Waals surface area contributed by atoms with E-state index in [1.165, 1.54) is 24.3 Å². The van der Waals surface area contributed by atoms with Crippen LogP contribution in [-0.2, 0) is 10.1 Å². The summed E-state index contributed by atoms with van der Waals surface area (Å²) in [6.45, 7) is 0. The van der Waals surface area contributed by atoms with Crippen molar-refractivity contribution in [1.82, 2.24) is 0 Å². The highest BCUT2D eigenvalue weighted by molar-refractivity contribution is 7.86. The standard InChI is InChI=1S/C14H9ClN2O7S/c15-11-5-4-10(8-12(11)17(20)21)14-9(6-7-16(18)19)2-1-3-13(14)25(22,23)24/h1-8H,(H,22,23,24)/b7-6+. The maximum atomic E-state index is 11.6. The molecule has 0 saturated heterocycles. The van der Waals surface area contributed by atoms with Crippen LogP contribution in [0.15, 0.2) is 47.5 Å². The van der Waals surface area contributed by atoms with Crippen molar-refractivity contribution in [2.45, 2.75) is 4.90 Å². The molecule has 0 amide bonds. The van der Waals surface area contributed by atoms with E-state index in [9.17, 15) is 33.2 Å². The summed E-state index contributed by atoms with van der Waals surface area (Å²) in [5.74, 6) is 0. The van der Waals surface area contributed by atoms with Gasteiger partial charge in [0.15, 0.2) is 0 Å². The van der Waals surface area contributed by atoms with E-state index in [0.29, 0.717) is 6.20 Å². The fourth-order valence-corrected chi connectivity index (χ4v) is 3.09. The van der Waals surface area contributed by atoms with E-state index < -0.39 is 30.5 Å². The van der Waals surface area contributed by atoms with Gasteiger partial charge in [0.2, 0.25) is 6.20 Å². The van der Waals surface area contributed by atoms with E-state index in [1.807, 2.05) is 0 Å². The molecule has 2 aromatic carbocycles. The monoisotopic (exact) mass is 384 g/mol. The number of benzene rings is 2. The molecule has 11 heteroatoms. The van der Waals surface area contributed by atoms with E-state index in [2.05, 4.69) is 0 Å². The topological polar surface area (TPSA) is 141 Å². The van der Waals surface area contributed by atoms with Crippen molar-refractivity contribution in [1.29, 1.82) is 0 Å². The van der Waals surface area contributed by atoms with E-state index >= 15 is 0 Å². The van der Waals surface area contributed by atoms with Crippen LogP contribution in [0.25, 0.3) is 17.2 Å². The number of hydrogen-bond donors (Lipinski definition) is 1. The molecule has 0 radical (unpaired) electrons. The van der Waals surface area contributed by atoms with Gasteiger partial charge in [-0.3, -0.25) is 24.8 Å². The maximum absolute atomic E-state index is 11.6. The van der Waals surface area contributed by atoms with Crippen molar-refractivity contribution in [3.8, 4) is 11.1 Å². The summed E-state index contributed by atoms with van der Waals surface area (Å²) in [4.78, 5) is 19.5. The third-order valence-electron chi connectivity index (χ3n) is 3.14. The summed E-state index contributed by atoms with van der Waals surface area (Å²) in [5.41, 5.74) is -0.479. The molecule has 0 aliphatic rings. The zero-order chi connectivity index (χ0) is 18.8. The number of nitro groups is 2. The average molecular weight is 385 g/mol. The number of nitro benzene ring substituents is 1. The van der Waals surface area contributed by atoms with Gasteiger partial charge < -0.3 is 0 Å². The summed E-state index contributed by atoms with van der Waals surface area (Å²) < 4.78 is 32.7. The second-order valence-corrected chi connectivity index (χ2v) is 6.52. The second-order valence-electron chi connectivity index (χ2n) is 4.72. The molecular weight excluding hydrogens is 376 g/mol. The largest absolute Gasteiger partial charge is 0.295 e. The van der Waals surface area contributed by atoms with Gasteiger partial charge in [-0.2, -0.15) is 8.42 Å². The minimum absolute atomic E-state index is 0.0484. The molecule has 1 N–H and O–H groups in total. The Labute approximate surface area is 146 Å². The zero-order valence-electron chi connectivity index (χ0n) is 12.2. The molecule has 2 rings (SSSR count). The third kappa shape index (κ3) is 4.18. The van der Waals surface area contributed by atoms with E-state index in [4.69, 9.17) is 11.6 Å². The van der Waals surface area contributed by atoms with Crippen molar-refractivity contribution in [3.05, 3.63) is 73.4 Å². The van der Waals surface area contributed by atoms with E-state index in [-0.39, 0.29) is 21.7 Å². The van der Waals surface area contributed by atoms with Crippen LogP contribution in [0.3, 0.4) is 0 Å². The highest BCUT2D eigenvalue weighted by atomic mass is 35.5. The molecule has 9 nitrogen and oxygen atoms in total. The summed E-state index contributed by atoms with van der Waals surface area (Å²) in [7, 11) is -4.69. The Morgan fingerprint density at radius 2 is 1.80 bits per heavy atom. The van der Waals surface area contributed by atoms with Crippen LogP contribution < -0.4 is 0 Å². The lowest BCUT2D eigenvalue weighted by molar-refractivity contribution is -0.400. The molecule has 0 spiro atoms. The second kappa shape index (κ2) is 6.97. The minimum Gasteiger partial charge on any atom is -0.282 e.